The number of thioether (sulfide) groups is 1. The molecule has 1 aliphatic heterocycles. The summed E-state index contributed by atoms with van der Waals surface area (Å²) in [6.45, 7) is 2.37. The van der Waals surface area contributed by atoms with Crippen molar-refractivity contribution in [3.63, 3.8) is 0 Å². The summed E-state index contributed by atoms with van der Waals surface area (Å²) in [5.74, 6) is -0.604. The number of nitrogen functional groups attached to an aromatic ring is 1. The van der Waals surface area contributed by atoms with Crippen molar-refractivity contribution in [2.75, 3.05) is 17.6 Å². The molecule has 0 spiro atoms. The van der Waals surface area contributed by atoms with E-state index in [0.717, 1.165) is 5.56 Å². The predicted octanol–water partition coefficient (Wildman–Crippen LogP) is 1.61. The van der Waals surface area contributed by atoms with Crippen molar-refractivity contribution in [1.29, 1.82) is 0 Å². The number of aromatic nitrogens is 2. The molecule has 2 atom stereocenters. The van der Waals surface area contributed by atoms with Crippen LogP contribution >= 0.6 is 22.5 Å². The zero-order valence-corrected chi connectivity index (χ0v) is 14.4. The Bertz CT molecular complexity index is 861. The normalized spacial score (nSPS) is 17.2. The maximum atomic E-state index is 12.2. The van der Waals surface area contributed by atoms with E-state index < -0.39 is 16.7 Å². The lowest BCUT2D eigenvalue weighted by Gasteiger charge is -2.23. The molecule has 1 aliphatic rings. The molecule has 0 saturated heterocycles. The van der Waals surface area contributed by atoms with E-state index in [-0.39, 0.29) is 21.6 Å². The SMILES string of the molecule is Cc1cc(C(=O)O)[s+]([O-])c1CC[C@@H]1CNc2nc(N)[nH]c(=O)c2S1. The number of aromatic carboxylic acids is 1. The molecule has 0 amide bonds. The monoisotopic (exact) mass is 368 g/mol. The van der Waals surface area contributed by atoms with Gasteiger partial charge < -0.3 is 20.7 Å². The van der Waals surface area contributed by atoms with Gasteiger partial charge in [0.1, 0.15) is 10.7 Å². The molecular formula is C14H16N4O4S2. The van der Waals surface area contributed by atoms with Crippen molar-refractivity contribution in [1.82, 2.24) is 9.97 Å². The summed E-state index contributed by atoms with van der Waals surface area (Å²) in [7, 11) is -1.60. The second-order valence-corrected chi connectivity index (χ2v) is 8.26. The highest BCUT2D eigenvalue weighted by atomic mass is 32.2. The fourth-order valence-electron chi connectivity index (χ4n) is 2.62. The van der Waals surface area contributed by atoms with Crippen LogP contribution in [0.5, 0.6) is 0 Å². The van der Waals surface area contributed by atoms with E-state index in [1.54, 1.807) is 6.92 Å². The predicted molar refractivity (Wildman–Crippen MR) is 92.5 cm³/mol. The van der Waals surface area contributed by atoms with Crippen LogP contribution in [0, 0.1) is 6.92 Å². The summed E-state index contributed by atoms with van der Waals surface area (Å²) in [5.41, 5.74) is 5.98. The Balaban J connectivity index is 1.73. The summed E-state index contributed by atoms with van der Waals surface area (Å²) >= 11 is 1.41. The number of nitrogens with zero attached hydrogens (tertiary/aromatic N) is 1. The van der Waals surface area contributed by atoms with Gasteiger partial charge in [-0.2, -0.15) is 4.98 Å². The molecule has 10 heteroatoms. The van der Waals surface area contributed by atoms with Gasteiger partial charge in [-0.15, -0.1) is 11.8 Å². The van der Waals surface area contributed by atoms with Crippen LogP contribution in [-0.2, 0) is 6.42 Å². The number of nitrogens with two attached hydrogens (primary N) is 1. The first-order chi connectivity index (χ1) is 11.4. The molecule has 0 bridgehead atoms. The number of aromatic amines is 1. The van der Waals surface area contributed by atoms with Gasteiger partial charge in [0.05, 0.1) is 0 Å². The average molecular weight is 368 g/mol. The standard InChI is InChI=1S/C14H16N4O4S2/c1-6-4-9(13(20)21)24(22)8(6)3-2-7-5-16-11-10(23-7)12(19)18-14(15)17-11/h4,7H,2-3,5H2,1H3,(H,20,21)(H4,15,16,17,18,19)/t7-,24?/m1/s1. The van der Waals surface area contributed by atoms with E-state index in [9.17, 15) is 14.1 Å². The number of aryl methyl sites for hydroxylation is 1. The lowest BCUT2D eigenvalue weighted by molar-refractivity contribution is 0.0701. The molecule has 2 aromatic heterocycles. The molecule has 128 valence electrons. The molecule has 0 radical (unpaired) electrons. The number of hydrogen-bond acceptors (Lipinski definition) is 7. The molecule has 8 nitrogen and oxygen atoms in total. The molecule has 24 heavy (non-hydrogen) atoms. The zero-order valence-electron chi connectivity index (χ0n) is 12.8. The second kappa shape index (κ2) is 6.46. The van der Waals surface area contributed by atoms with E-state index in [0.29, 0.717) is 35.0 Å². The van der Waals surface area contributed by atoms with Gasteiger partial charge in [-0.05, 0) is 24.1 Å². The van der Waals surface area contributed by atoms with Crippen molar-refractivity contribution in [2.24, 2.45) is 0 Å². The molecule has 2 aromatic rings. The molecule has 3 heterocycles. The van der Waals surface area contributed by atoms with Crippen molar-refractivity contribution in [3.05, 3.63) is 31.7 Å². The number of H-pyrrole nitrogens is 1. The Morgan fingerprint density at radius 2 is 2.38 bits per heavy atom. The van der Waals surface area contributed by atoms with Gasteiger partial charge in [-0.1, -0.05) is 0 Å². The minimum atomic E-state index is -1.60. The number of rotatable bonds is 4. The van der Waals surface area contributed by atoms with Crippen LogP contribution in [0.25, 0.3) is 0 Å². The molecule has 0 fully saturated rings. The van der Waals surface area contributed by atoms with Gasteiger partial charge in [0.2, 0.25) is 5.95 Å². The van der Waals surface area contributed by atoms with Crippen LogP contribution in [-0.4, -0.2) is 37.4 Å². The van der Waals surface area contributed by atoms with E-state index >= 15 is 0 Å². The summed E-state index contributed by atoms with van der Waals surface area (Å²) in [6.07, 6.45) is 1.18. The maximum absolute atomic E-state index is 12.2. The first-order valence-electron chi connectivity index (χ1n) is 7.23. The highest BCUT2D eigenvalue weighted by Crippen LogP contribution is 2.36. The third-order valence-electron chi connectivity index (χ3n) is 3.79. The largest absolute Gasteiger partial charge is 0.590 e. The Labute approximate surface area is 144 Å². The number of thiophene rings is 1. The Morgan fingerprint density at radius 1 is 1.62 bits per heavy atom. The molecule has 0 aromatic carbocycles. The quantitative estimate of drug-likeness (QED) is 0.596. The molecule has 0 aliphatic carbocycles. The van der Waals surface area contributed by atoms with Crippen molar-refractivity contribution < 1.29 is 14.5 Å². The first kappa shape index (κ1) is 16.8. The minimum Gasteiger partial charge on any atom is -0.590 e. The van der Waals surface area contributed by atoms with Gasteiger partial charge >= 0.3 is 5.97 Å². The smallest absolute Gasteiger partial charge is 0.389 e. The molecule has 1 unspecified atom stereocenters. The summed E-state index contributed by atoms with van der Waals surface area (Å²) < 4.78 is 12.2. The van der Waals surface area contributed by atoms with E-state index in [4.69, 9.17) is 10.8 Å². The molecule has 3 rings (SSSR count). The van der Waals surface area contributed by atoms with E-state index in [1.807, 2.05) is 0 Å². The minimum absolute atomic E-state index is 0.0692. The third-order valence-corrected chi connectivity index (χ3v) is 6.81. The fourth-order valence-corrected chi connectivity index (χ4v) is 5.11. The topological polar surface area (TPSA) is 144 Å². The van der Waals surface area contributed by atoms with Crippen LogP contribution in [0.4, 0.5) is 11.8 Å². The van der Waals surface area contributed by atoms with Gasteiger partial charge in [0.15, 0.2) is 4.88 Å². The van der Waals surface area contributed by atoms with Crippen LogP contribution < -0.4 is 16.6 Å². The number of nitrogens with one attached hydrogen (secondary N) is 2. The summed E-state index contributed by atoms with van der Waals surface area (Å²) in [4.78, 5) is 30.6. The Morgan fingerprint density at radius 3 is 3.04 bits per heavy atom. The first-order valence-corrected chi connectivity index (χ1v) is 9.26. The van der Waals surface area contributed by atoms with Gasteiger partial charge in [0, 0.05) is 29.8 Å². The highest BCUT2D eigenvalue weighted by molar-refractivity contribution is 8.00. The van der Waals surface area contributed by atoms with Crippen LogP contribution in [0.3, 0.4) is 0 Å². The summed E-state index contributed by atoms with van der Waals surface area (Å²) in [6, 6.07) is 1.47. The zero-order chi connectivity index (χ0) is 17.4. The van der Waals surface area contributed by atoms with E-state index in [2.05, 4.69) is 15.3 Å². The second-order valence-electron chi connectivity index (χ2n) is 5.48. The van der Waals surface area contributed by atoms with E-state index in [1.165, 1.54) is 17.8 Å². The molecule has 0 saturated carbocycles. The number of carbonyl (C=O) groups is 1. The van der Waals surface area contributed by atoms with Crippen molar-refractivity contribution in [3.8, 4) is 0 Å². The van der Waals surface area contributed by atoms with Crippen LogP contribution in [0.2, 0.25) is 0 Å². The van der Waals surface area contributed by atoms with Crippen LogP contribution in [0.1, 0.15) is 26.5 Å². The van der Waals surface area contributed by atoms with Crippen LogP contribution in [0.15, 0.2) is 15.8 Å². The maximum Gasteiger partial charge on any atom is 0.389 e. The number of fused-ring (bicyclic) bond motifs is 1. The Hall–Kier alpha value is -2.04. The number of carboxylic acids is 1. The molecular weight excluding hydrogens is 352 g/mol. The number of hydrogen-bond donors (Lipinski definition) is 4. The number of anilines is 2. The van der Waals surface area contributed by atoms with Crippen molar-refractivity contribution in [2.45, 2.75) is 29.9 Å². The number of carboxylic acid groups (broad SMARTS) is 1. The third kappa shape index (κ3) is 3.12. The summed E-state index contributed by atoms with van der Waals surface area (Å²) in [5, 5.41) is 12.2. The Kier molecular flexibility index (Phi) is 4.52. The lowest BCUT2D eigenvalue weighted by atomic mass is 10.1. The van der Waals surface area contributed by atoms with Gasteiger partial charge in [0.25, 0.3) is 10.4 Å². The van der Waals surface area contributed by atoms with Crippen molar-refractivity contribution >= 4 is 40.2 Å². The van der Waals surface area contributed by atoms with Gasteiger partial charge in [-0.3, -0.25) is 9.78 Å². The molecule has 5 N–H and O–H groups in total. The average Bonchev–Trinajstić information content (AvgIpc) is 2.80. The lowest BCUT2D eigenvalue weighted by Crippen LogP contribution is -2.28. The highest BCUT2D eigenvalue weighted by Gasteiger charge is 2.27. The fraction of sp³-hybridized carbons (Fsp3) is 0.357. The van der Waals surface area contributed by atoms with Gasteiger partial charge in [-0.25, -0.2) is 4.79 Å².